The molecule has 3 N–H and O–H groups in total. The average molecular weight is 402 g/mol. The predicted octanol–water partition coefficient (Wildman–Crippen LogP) is 4.13. The van der Waals surface area contributed by atoms with Crippen LogP contribution in [0, 0.1) is 0 Å². The van der Waals surface area contributed by atoms with Gasteiger partial charge in [0.15, 0.2) is 0 Å². The Bertz CT molecular complexity index is 1120. The van der Waals surface area contributed by atoms with E-state index < -0.39 is 5.97 Å². The van der Waals surface area contributed by atoms with Gasteiger partial charge in [-0.3, -0.25) is 4.79 Å². The second-order valence-electron chi connectivity index (χ2n) is 7.30. The molecule has 5 heteroatoms. The topological polar surface area (TPSA) is 77.0 Å². The largest absolute Gasteiger partial charge is 0.481 e. The molecule has 0 spiro atoms. The van der Waals surface area contributed by atoms with Gasteiger partial charge in [-0.25, -0.2) is 0 Å². The number of hydrogen-bond donors (Lipinski definition) is 1. The monoisotopic (exact) mass is 402 g/mol. The summed E-state index contributed by atoms with van der Waals surface area (Å²) in [5, 5.41) is 10.6. The van der Waals surface area contributed by atoms with Gasteiger partial charge in [0, 0.05) is 31.1 Å². The minimum atomic E-state index is -0.818. The highest BCUT2D eigenvalue weighted by molar-refractivity contribution is 5.93. The molecule has 30 heavy (non-hydrogen) atoms. The zero-order valence-electron chi connectivity index (χ0n) is 17.0. The lowest BCUT2D eigenvalue weighted by Gasteiger charge is -2.24. The molecule has 1 heterocycles. The van der Waals surface area contributed by atoms with Gasteiger partial charge in [0.05, 0.1) is 11.9 Å². The van der Waals surface area contributed by atoms with Gasteiger partial charge in [0.25, 0.3) is 0 Å². The number of rotatable bonds is 7. The minimum absolute atomic E-state index is 0. The van der Waals surface area contributed by atoms with Crippen molar-refractivity contribution in [1.29, 1.82) is 0 Å². The molecule has 0 bridgehead atoms. The van der Waals surface area contributed by atoms with E-state index in [-0.39, 0.29) is 11.9 Å². The van der Waals surface area contributed by atoms with Crippen LogP contribution in [0.4, 0.5) is 5.82 Å². The summed E-state index contributed by atoms with van der Waals surface area (Å²) < 4.78 is 2.24. The van der Waals surface area contributed by atoms with Crippen LogP contribution >= 0.6 is 0 Å². The maximum Gasteiger partial charge on any atom is 0.307 e. The Balaban J connectivity index is 0.00000256. The summed E-state index contributed by atoms with van der Waals surface area (Å²) in [5.74, 6) is 0.142. The molecule has 0 radical (unpaired) electrons. The predicted molar refractivity (Wildman–Crippen MR) is 121 cm³/mol. The van der Waals surface area contributed by atoms with E-state index in [0.29, 0.717) is 13.1 Å². The van der Waals surface area contributed by atoms with Crippen molar-refractivity contribution >= 4 is 22.7 Å². The summed E-state index contributed by atoms with van der Waals surface area (Å²) in [6.07, 6.45) is -0.00321. The van der Waals surface area contributed by atoms with E-state index in [0.717, 1.165) is 22.3 Å². The van der Waals surface area contributed by atoms with Gasteiger partial charge in [0.2, 0.25) is 0 Å². The fourth-order valence-corrected chi connectivity index (χ4v) is 3.98. The second-order valence-corrected chi connectivity index (χ2v) is 7.30. The third-order valence-corrected chi connectivity index (χ3v) is 5.18. The van der Waals surface area contributed by atoms with Crippen molar-refractivity contribution < 1.29 is 15.4 Å². The Kier molecular flexibility index (Phi) is 6.54. The fourth-order valence-electron chi connectivity index (χ4n) is 3.98. The zero-order chi connectivity index (χ0) is 20.2. The molecule has 0 unspecified atom stereocenters. The second kappa shape index (κ2) is 9.29. The first-order valence-electron chi connectivity index (χ1n) is 9.74. The number of fused-ring (bicyclic) bond motifs is 1. The molecule has 1 aromatic heterocycles. The van der Waals surface area contributed by atoms with Crippen LogP contribution in [-0.4, -0.2) is 28.2 Å². The van der Waals surface area contributed by atoms with Crippen LogP contribution in [0.15, 0.2) is 84.9 Å². The van der Waals surface area contributed by atoms with E-state index >= 15 is 0 Å². The Morgan fingerprint density at radius 1 is 0.867 bits per heavy atom. The summed E-state index contributed by atoms with van der Waals surface area (Å²) in [5.41, 5.74) is 4.29. The molecule has 4 aromatic rings. The number of carboxylic acid groups (broad SMARTS) is 1. The van der Waals surface area contributed by atoms with Crippen LogP contribution in [0.2, 0.25) is 0 Å². The van der Waals surface area contributed by atoms with Crippen LogP contribution in [0.1, 0.15) is 16.7 Å². The number of para-hydroxylation sites is 1. The van der Waals surface area contributed by atoms with E-state index in [1.165, 1.54) is 11.1 Å². The molecule has 0 saturated carbocycles. The Morgan fingerprint density at radius 2 is 1.43 bits per heavy atom. The number of aliphatic carboxylic acids is 1. The SMILES string of the molecule is CN(Cc1ccccc1)c1c(CC(=O)O)c2ccccc2n1Cc1ccccc1.O. The van der Waals surface area contributed by atoms with E-state index in [1.54, 1.807) is 0 Å². The van der Waals surface area contributed by atoms with Crippen LogP contribution in [-0.2, 0) is 24.3 Å². The molecular weight excluding hydrogens is 376 g/mol. The summed E-state index contributed by atoms with van der Waals surface area (Å²) in [6.45, 7) is 1.40. The van der Waals surface area contributed by atoms with Gasteiger partial charge in [-0.05, 0) is 17.2 Å². The highest BCUT2D eigenvalue weighted by Gasteiger charge is 2.22. The third kappa shape index (κ3) is 4.36. The summed E-state index contributed by atoms with van der Waals surface area (Å²) in [6, 6.07) is 28.6. The number of carboxylic acids is 1. The molecule has 0 amide bonds. The number of hydrogen-bond acceptors (Lipinski definition) is 2. The normalized spacial score (nSPS) is 10.6. The van der Waals surface area contributed by atoms with Gasteiger partial charge in [0.1, 0.15) is 5.82 Å². The molecule has 3 aromatic carbocycles. The average Bonchev–Trinajstić information content (AvgIpc) is 3.02. The molecule has 0 saturated heterocycles. The molecule has 0 atom stereocenters. The lowest BCUT2D eigenvalue weighted by Crippen LogP contribution is -2.22. The number of benzene rings is 3. The van der Waals surface area contributed by atoms with Gasteiger partial charge in [-0.1, -0.05) is 78.9 Å². The highest BCUT2D eigenvalue weighted by atomic mass is 16.4. The fraction of sp³-hybridized carbons (Fsp3) is 0.160. The Morgan fingerprint density at radius 3 is 2.07 bits per heavy atom. The molecule has 4 rings (SSSR count). The first kappa shape index (κ1) is 21.1. The Labute approximate surface area is 176 Å². The third-order valence-electron chi connectivity index (χ3n) is 5.18. The lowest BCUT2D eigenvalue weighted by atomic mass is 10.1. The van der Waals surface area contributed by atoms with E-state index in [4.69, 9.17) is 0 Å². The molecule has 0 aliphatic heterocycles. The molecule has 0 fully saturated rings. The van der Waals surface area contributed by atoms with Crippen molar-refractivity contribution in [2.24, 2.45) is 0 Å². The smallest absolute Gasteiger partial charge is 0.307 e. The van der Waals surface area contributed by atoms with E-state index in [1.807, 2.05) is 61.6 Å². The van der Waals surface area contributed by atoms with Crippen LogP contribution < -0.4 is 4.90 Å². The standard InChI is InChI=1S/C25H24N2O2.H2O/c1-26(17-19-10-4-2-5-11-19)25-22(16-24(28)29)21-14-8-9-15-23(21)27(25)18-20-12-6-3-7-13-20;/h2-15H,16-18H2,1H3,(H,28,29);1H2. The molecule has 154 valence electrons. The van der Waals surface area contributed by atoms with E-state index in [9.17, 15) is 9.90 Å². The van der Waals surface area contributed by atoms with Crippen molar-refractivity contribution in [3.63, 3.8) is 0 Å². The van der Waals surface area contributed by atoms with Crippen molar-refractivity contribution in [3.05, 3.63) is 102 Å². The summed E-state index contributed by atoms with van der Waals surface area (Å²) >= 11 is 0. The van der Waals surface area contributed by atoms with Crippen LogP contribution in [0.5, 0.6) is 0 Å². The number of aromatic nitrogens is 1. The number of nitrogens with zero attached hydrogens (tertiary/aromatic N) is 2. The van der Waals surface area contributed by atoms with Crippen molar-refractivity contribution in [2.45, 2.75) is 19.5 Å². The highest BCUT2D eigenvalue weighted by Crippen LogP contribution is 2.34. The van der Waals surface area contributed by atoms with Crippen molar-refractivity contribution in [3.8, 4) is 0 Å². The Hall–Kier alpha value is -3.57. The molecule has 5 nitrogen and oxygen atoms in total. The summed E-state index contributed by atoms with van der Waals surface area (Å²) in [7, 11) is 2.04. The molecule has 0 aliphatic carbocycles. The van der Waals surface area contributed by atoms with Crippen molar-refractivity contribution in [2.75, 3.05) is 11.9 Å². The van der Waals surface area contributed by atoms with Crippen LogP contribution in [0.25, 0.3) is 10.9 Å². The van der Waals surface area contributed by atoms with Gasteiger partial charge in [-0.2, -0.15) is 0 Å². The number of anilines is 1. The molecule has 0 aliphatic rings. The van der Waals surface area contributed by atoms with Gasteiger partial charge in [-0.15, -0.1) is 0 Å². The first-order chi connectivity index (χ1) is 14.1. The van der Waals surface area contributed by atoms with Crippen molar-refractivity contribution in [1.82, 2.24) is 4.57 Å². The van der Waals surface area contributed by atoms with E-state index in [2.05, 4.69) is 39.8 Å². The quantitative estimate of drug-likeness (QED) is 0.505. The zero-order valence-corrected chi connectivity index (χ0v) is 17.0. The van der Waals surface area contributed by atoms with Gasteiger partial charge >= 0.3 is 5.97 Å². The van der Waals surface area contributed by atoms with Gasteiger partial charge < -0.3 is 20.0 Å². The van der Waals surface area contributed by atoms with Crippen LogP contribution in [0.3, 0.4) is 0 Å². The maximum atomic E-state index is 11.7. The minimum Gasteiger partial charge on any atom is -0.481 e. The first-order valence-corrected chi connectivity index (χ1v) is 9.74. The maximum absolute atomic E-state index is 11.7. The summed E-state index contributed by atoms with van der Waals surface area (Å²) in [4.78, 5) is 13.8. The number of carbonyl (C=O) groups is 1. The lowest BCUT2D eigenvalue weighted by molar-refractivity contribution is -0.136. The molecular formula is C25H26N2O3.